The van der Waals surface area contributed by atoms with Gasteiger partial charge in [-0.05, 0) is 66.8 Å². The van der Waals surface area contributed by atoms with Crippen LogP contribution >= 0.6 is 0 Å². The van der Waals surface area contributed by atoms with Crippen molar-refractivity contribution in [1.82, 2.24) is 9.80 Å². The van der Waals surface area contributed by atoms with Gasteiger partial charge in [0, 0.05) is 56.7 Å². The zero-order chi connectivity index (χ0) is 28.9. The predicted octanol–water partition coefficient (Wildman–Crippen LogP) is 5.66. The molecule has 0 bridgehead atoms. The first-order chi connectivity index (χ1) is 20.6. The molecular formula is C34H38N2O6. The van der Waals surface area contributed by atoms with Gasteiger partial charge in [0.05, 0.1) is 25.9 Å². The minimum atomic E-state index is -0.397. The van der Waals surface area contributed by atoms with Crippen molar-refractivity contribution in [3.8, 4) is 17.2 Å². The number of hydrogen-bond donors (Lipinski definition) is 0. The SMILES string of the molecule is COc1ccccc1CN1CCN(C(=O)c2ccc(Oc3ccc(C4CCC5(CC4)OCCO5)cc3C=O)cc2)CC1. The number of carbonyl (C=O) groups is 2. The molecule has 8 heteroatoms. The number of para-hydroxylation sites is 1. The van der Waals surface area contributed by atoms with Gasteiger partial charge in [-0.25, -0.2) is 0 Å². The number of methoxy groups -OCH3 is 1. The van der Waals surface area contributed by atoms with Crippen LogP contribution in [-0.4, -0.2) is 74.3 Å². The molecule has 220 valence electrons. The van der Waals surface area contributed by atoms with Crippen LogP contribution in [0, 0.1) is 0 Å². The molecule has 1 amide bonds. The first-order valence-corrected chi connectivity index (χ1v) is 14.8. The molecule has 3 aromatic carbocycles. The first kappa shape index (κ1) is 28.4. The number of ether oxygens (including phenoxy) is 4. The van der Waals surface area contributed by atoms with Crippen molar-refractivity contribution < 1.29 is 28.5 Å². The van der Waals surface area contributed by atoms with Crippen LogP contribution in [0.4, 0.5) is 0 Å². The van der Waals surface area contributed by atoms with Gasteiger partial charge in [0.15, 0.2) is 12.1 Å². The number of benzene rings is 3. The summed E-state index contributed by atoms with van der Waals surface area (Å²) in [6.45, 7) is 5.09. The van der Waals surface area contributed by atoms with Crippen molar-refractivity contribution in [1.29, 1.82) is 0 Å². The number of nitrogens with zero attached hydrogens (tertiary/aromatic N) is 2. The highest BCUT2D eigenvalue weighted by atomic mass is 16.7. The van der Waals surface area contributed by atoms with Gasteiger partial charge in [-0.1, -0.05) is 24.3 Å². The molecular weight excluding hydrogens is 532 g/mol. The topological polar surface area (TPSA) is 77.5 Å². The molecule has 3 aromatic rings. The molecule has 8 nitrogen and oxygen atoms in total. The molecule has 2 saturated heterocycles. The monoisotopic (exact) mass is 570 g/mol. The molecule has 1 saturated carbocycles. The Morgan fingerprint density at radius 2 is 1.64 bits per heavy atom. The van der Waals surface area contributed by atoms with E-state index in [1.165, 1.54) is 0 Å². The Labute approximate surface area is 247 Å². The van der Waals surface area contributed by atoms with Gasteiger partial charge in [0.1, 0.15) is 17.2 Å². The molecule has 6 rings (SSSR count). The van der Waals surface area contributed by atoms with Gasteiger partial charge >= 0.3 is 0 Å². The van der Waals surface area contributed by atoms with E-state index in [0.717, 1.165) is 68.5 Å². The molecule has 3 aliphatic rings. The number of amides is 1. The lowest BCUT2D eigenvalue weighted by atomic mass is 9.80. The average Bonchev–Trinajstić information content (AvgIpc) is 3.50. The highest BCUT2D eigenvalue weighted by Crippen LogP contribution is 2.43. The summed E-state index contributed by atoms with van der Waals surface area (Å²) in [7, 11) is 1.69. The highest BCUT2D eigenvalue weighted by molar-refractivity contribution is 5.94. The Morgan fingerprint density at radius 1 is 0.929 bits per heavy atom. The normalized spacial score (nSPS) is 19.1. The number of piperazine rings is 1. The second-order valence-electron chi connectivity index (χ2n) is 11.3. The lowest BCUT2D eigenvalue weighted by Crippen LogP contribution is -2.48. The molecule has 1 aliphatic carbocycles. The van der Waals surface area contributed by atoms with E-state index in [0.29, 0.717) is 54.8 Å². The maximum Gasteiger partial charge on any atom is 0.253 e. The van der Waals surface area contributed by atoms with Gasteiger partial charge in [0.2, 0.25) is 0 Å². The van der Waals surface area contributed by atoms with Gasteiger partial charge in [0.25, 0.3) is 5.91 Å². The van der Waals surface area contributed by atoms with Gasteiger partial charge in [-0.15, -0.1) is 0 Å². The minimum Gasteiger partial charge on any atom is -0.496 e. The molecule has 0 unspecified atom stereocenters. The molecule has 0 aromatic heterocycles. The van der Waals surface area contributed by atoms with Crippen LogP contribution in [0.15, 0.2) is 66.7 Å². The van der Waals surface area contributed by atoms with E-state index in [1.807, 2.05) is 41.3 Å². The largest absolute Gasteiger partial charge is 0.496 e. The molecule has 0 radical (unpaired) electrons. The van der Waals surface area contributed by atoms with Crippen molar-refractivity contribution in [2.24, 2.45) is 0 Å². The van der Waals surface area contributed by atoms with E-state index in [1.54, 1.807) is 31.4 Å². The van der Waals surface area contributed by atoms with Crippen LogP contribution in [0.1, 0.15) is 63.4 Å². The average molecular weight is 571 g/mol. The lowest BCUT2D eigenvalue weighted by Gasteiger charge is -2.35. The van der Waals surface area contributed by atoms with Crippen LogP contribution in [-0.2, 0) is 16.0 Å². The molecule has 3 fully saturated rings. The number of hydrogen-bond acceptors (Lipinski definition) is 7. The summed E-state index contributed by atoms with van der Waals surface area (Å²) in [5.74, 6) is 1.96. The highest BCUT2D eigenvalue weighted by Gasteiger charge is 2.40. The number of carbonyl (C=O) groups excluding carboxylic acids is 2. The molecule has 0 atom stereocenters. The van der Waals surface area contributed by atoms with Crippen LogP contribution in [0.2, 0.25) is 0 Å². The fourth-order valence-corrected chi connectivity index (χ4v) is 6.34. The molecule has 42 heavy (non-hydrogen) atoms. The Hall–Kier alpha value is -3.72. The van der Waals surface area contributed by atoms with E-state index < -0.39 is 5.79 Å². The van der Waals surface area contributed by atoms with Crippen LogP contribution in [0.25, 0.3) is 0 Å². The quantitative estimate of drug-likeness (QED) is 0.324. The Kier molecular flexibility index (Phi) is 8.55. The number of aldehydes is 1. The van der Waals surface area contributed by atoms with E-state index in [2.05, 4.69) is 11.0 Å². The third-order valence-electron chi connectivity index (χ3n) is 8.77. The van der Waals surface area contributed by atoms with Gasteiger partial charge in [-0.2, -0.15) is 0 Å². The van der Waals surface area contributed by atoms with Crippen molar-refractivity contribution in [3.05, 3.63) is 89.0 Å². The van der Waals surface area contributed by atoms with Crippen molar-refractivity contribution in [2.75, 3.05) is 46.5 Å². The maximum atomic E-state index is 13.2. The molecule has 2 heterocycles. The van der Waals surface area contributed by atoms with E-state index in [9.17, 15) is 9.59 Å². The molecule has 2 aliphatic heterocycles. The van der Waals surface area contributed by atoms with Crippen molar-refractivity contribution in [3.63, 3.8) is 0 Å². The van der Waals surface area contributed by atoms with E-state index >= 15 is 0 Å². The Balaban J connectivity index is 1.03. The summed E-state index contributed by atoms with van der Waals surface area (Å²) >= 11 is 0. The fraction of sp³-hybridized carbons (Fsp3) is 0.412. The summed E-state index contributed by atoms with van der Waals surface area (Å²) in [5.41, 5.74) is 3.43. The molecule has 0 N–H and O–H groups in total. The summed E-state index contributed by atoms with van der Waals surface area (Å²) in [4.78, 5) is 29.4. The number of rotatable bonds is 8. The summed E-state index contributed by atoms with van der Waals surface area (Å²) in [6, 6.07) is 21.1. The Bertz CT molecular complexity index is 1380. The summed E-state index contributed by atoms with van der Waals surface area (Å²) in [5, 5.41) is 0. The standard InChI is InChI=1S/C34H38N2O6/c1-39-31-5-3-2-4-28(31)23-35-16-18-36(19-17-35)33(38)26-6-9-30(10-7-26)42-32-11-8-27(22-29(32)24-37)25-12-14-34(15-13-25)40-20-21-41-34/h2-11,22,24-25H,12-21,23H2,1H3. The Morgan fingerprint density at radius 3 is 2.33 bits per heavy atom. The second kappa shape index (κ2) is 12.7. The smallest absolute Gasteiger partial charge is 0.253 e. The fourth-order valence-electron chi connectivity index (χ4n) is 6.34. The predicted molar refractivity (Wildman–Crippen MR) is 158 cm³/mol. The summed E-state index contributed by atoms with van der Waals surface area (Å²) < 4.78 is 23.3. The van der Waals surface area contributed by atoms with E-state index in [4.69, 9.17) is 18.9 Å². The van der Waals surface area contributed by atoms with Crippen LogP contribution in [0.3, 0.4) is 0 Å². The van der Waals surface area contributed by atoms with Gasteiger partial charge < -0.3 is 23.8 Å². The molecule has 1 spiro atoms. The summed E-state index contributed by atoms with van der Waals surface area (Å²) in [6.07, 6.45) is 4.51. The zero-order valence-electron chi connectivity index (χ0n) is 24.1. The van der Waals surface area contributed by atoms with Crippen molar-refractivity contribution >= 4 is 12.2 Å². The minimum absolute atomic E-state index is 0.0130. The third-order valence-corrected chi connectivity index (χ3v) is 8.77. The second-order valence-corrected chi connectivity index (χ2v) is 11.3. The maximum absolute atomic E-state index is 13.2. The van der Waals surface area contributed by atoms with Crippen LogP contribution in [0.5, 0.6) is 17.2 Å². The van der Waals surface area contributed by atoms with Gasteiger partial charge in [-0.3, -0.25) is 14.5 Å². The van der Waals surface area contributed by atoms with Crippen LogP contribution < -0.4 is 9.47 Å². The van der Waals surface area contributed by atoms with E-state index in [-0.39, 0.29) is 5.91 Å². The third kappa shape index (κ3) is 6.21. The first-order valence-electron chi connectivity index (χ1n) is 14.8. The lowest BCUT2D eigenvalue weighted by molar-refractivity contribution is -0.178. The van der Waals surface area contributed by atoms with Crippen molar-refractivity contribution in [2.45, 2.75) is 43.9 Å². The zero-order valence-corrected chi connectivity index (χ0v) is 24.1.